The summed E-state index contributed by atoms with van der Waals surface area (Å²) in [6.07, 6.45) is 0. The highest BCUT2D eigenvalue weighted by Crippen LogP contribution is 2.24. The number of carbonyl (C=O) groups is 1. The molecule has 0 unspecified atom stereocenters. The molecule has 0 saturated heterocycles. The van der Waals surface area contributed by atoms with Gasteiger partial charge in [0.25, 0.3) is 15.9 Å². The van der Waals surface area contributed by atoms with Crippen molar-refractivity contribution >= 4 is 39.1 Å². The lowest BCUT2D eigenvalue weighted by Crippen LogP contribution is -2.30. The Morgan fingerprint density at radius 3 is 2.19 bits per heavy atom. The predicted molar refractivity (Wildman–Crippen MR) is 103 cm³/mol. The number of rotatable bonds is 4. The van der Waals surface area contributed by atoms with Gasteiger partial charge in [0.2, 0.25) is 0 Å². The first-order chi connectivity index (χ1) is 12.4. The zero-order valence-corrected chi connectivity index (χ0v) is 15.6. The minimum atomic E-state index is -4.06. The Hall–Kier alpha value is -2.34. The Labute approximate surface area is 161 Å². The topological polar surface area (TPSA) is 63.2 Å². The van der Waals surface area contributed by atoms with Crippen LogP contribution in [0, 0.1) is 0 Å². The van der Waals surface area contributed by atoms with Gasteiger partial charge in [0.05, 0.1) is 15.5 Å². The van der Waals surface area contributed by atoms with Gasteiger partial charge in [-0.1, -0.05) is 65.7 Å². The third-order valence-corrected chi connectivity index (χ3v) is 5.53. The van der Waals surface area contributed by atoms with E-state index in [1.165, 1.54) is 30.3 Å². The van der Waals surface area contributed by atoms with Crippen molar-refractivity contribution in [3.63, 3.8) is 0 Å². The zero-order chi connectivity index (χ0) is 18.7. The third kappa shape index (κ3) is 4.07. The summed E-state index contributed by atoms with van der Waals surface area (Å²) >= 11 is 11.8. The molecule has 3 aromatic rings. The number of hydrogen-bond acceptors (Lipinski definition) is 3. The maximum atomic E-state index is 12.6. The highest BCUT2D eigenvalue weighted by Gasteiger charge is 2.21. The van der Waals surface area contributed by atoms with Crippen LogP contribution in [0.25, 0.3) is 11.1 Å². The van der Waals surface area contributed by atoms with Gasteiger partial charge in [0.15, 0.2) is 0 Å². The number of halogens is 2. The van der Waals surface area contributed by atoms with E-state index < -0.39 is 15.9 Å². The first-order valence-electron chi connectivity index (χ1n) is 7.54. The van der Waals surface area contributed by atoms with Crippen molar-refractivity contribution in [3.8, 4) is 11.1 Å². The predicted octanol–water partition coefficient (Wildman–Crippen LogP) is 4.78. The molecule has 0 fully saturated rings. The quantitative estimate of drug-likeness (QED) is 0.678. The van der Waals surface area contributed by atoms with Crippen molar-refractivity contribution in [2.45, 2.75) is 4.90 Å². The van der Waals surface area contributed by atoms with Crippen molar-refractivity contribution in [2.75, 3.05) is 0 Å². The number of sulfonamides is 1. The van der Waals surface area contributed by atoms with E-state index in [1.807, 2.05) is 35.1 Å². The summed E-state index contributed by atoms with van der Waals surface area (Å²) in [6, 6.07) is 19.9. The standard InChI is InChI=1S/C19H13Cl2NO3S/c20-15-9-10-17(18(21)12-15)19(23)22-26(24,25)16-8-4-7-14(11-16)13-5-2-1-3-6-13/h1-12H,(H,22,23). The molecule has 1 amide bonds. The highest BCUT2D eigenvalue weighted by molar-refractivity contribution is 7.90. The molecule has 3 rings (SSSR count). The lowest BCUT2D eigenvalue weighted by molar-refractivity contribution is 0.0981. The molecule has 0 aromatic heterocycles. The minimum Gasteiger partial charge on any atom is -0.268 e. The van der Waals surface area contributed by atoms with Gasteiger partial charge in [-0.2, -0.15) is 0 Å². The molecule has 0 atom stereocenters. The number of hydrogen-bond donors (Lipinski definition) is 1. The second-order valence-corrected chi connectivity index (χ2v) is 7.98. The fourth-order valence-corrected chi connectivity index (χ4v) is 3.89. The summed E-state index contributed by atoms with van der Waals surface area (Å²) in [4.78, 5) is 12.3. The van der Waals surface area contributed by atoms with Gasteiger partial charge < -0.3 is 0 Å². The summed E-state index contributed by atoms with van der Waals surface area (Å²) in [5.74, 6) is -0.822. The number of benzene rings is 3. The summed E-state index contributed by atoms with van der Waals surface area (Å²) in [7, 11) is -4.06. The van der Waals surface area contributed by atoms with Crippen LogP contribution in [0.1, 0.15) is 10.4 Å². The van der Waals surface area contributed by atoms with Crippen molar-refractivity contribution in [2.24, 2.45) is 0 Å². The van der Waals surface area contributed by atoms with Gasteiger partial charge in [-0.25, -0.2) is 13.1 Å². The number of amides is 1. The first kappa shape index (κ1) is 18.5. The highest BCUT2D eigenvalue weighted by atomic mass is 35.5. The van der Waals surface area contributed by atoms with Crippen LogP contribution >= 0.6 is 23.2 Å². The van der Waals surface area contributed by atoms with Gasteiger partial charge in [0, 0.05) is 5.02 Å². The van der Waals surface area contributed by atoms with Crippen LogP contribution in [0.5, 0.6) is 0 Å². The molecule has 0 aliphatic carbocycles. The molecular weight excluding hydrogens is 393 g/mol. The Balaban J connectivity index is 1.90. The lowest BCUT2D eigenvalue weighted by atomic mass is 10.1. The maximum Gasteiger partial charge on any atom is 0.266 e. The summed E-state index contributed by atoms with van der Waals surface area (Å²) < 4.78 is 27.2. The molecule has 0 aliphatic heterocycles. The molecule has 0 spiro atoms. The van der Waals surface area contributed by atoms with Gasteiger partial charge in [-0.3, -0.25) is 4.79 Å². The molecule has 0 radical (unpaired) electrons. The molecule has 132 valence electrons. The second kappa shape index (κ2) is 7.50. The smallest absolute Gasteiger partial charge is 0.266 e. The van der Waals surface area contributed by atoms with Gasteiger partial charge in [-0.15, -0.1) is 0 Å². The fraction of sp³-hybridized carbons (Fsp3) is 0. The molecule has 0 aliphatic rings. The van der Waals surface area contributed by atoms with Crippen LogP contribution in [-0.2, 0) is 10.0 Å². The van der Waals surface area contributed by atoms with Gasteiger partial charge in [0.1, 0.15) is 0 Å². The molecular formula is C19H13Cl2NO3S. The number of carbonyl (C=O) groups excluding carboxylic acids is 1. The SMILES string of the molecule is O=C(NS(=O)(=O)c1cccc(-c2ccccc2)c1)c1ccc(Cl)cc1Cl. The van der Waals surface area contributed by atoms with Crippen LogP contribution < -0.4 is 4.72 Å². The summed E-state index contributed by atoms with van der Waals surface area (Å²) in [5.41, 5.74) is 1.63. The van der Waals surface area contributed by atoms with Crippen LogP contribution in [0.15, 0.2) is 77.7 Å². The monoisotopic (exact) mass is 405 g/mol. The Morgan fingerprint density at radius 1 is 0.808 bits per heavy atom. The van der Waals surface area contributed by atoms with Crippen LogP contribution in [0.2, 0.25) is 10.0 Å². The molecule has 3 aromatic carbocycles. The number of nitrogens with one attached hydrogen (secondary N) is 1. The average Bonchev–Trinajstić information content (AvgIpc) is 2.62. The van der Waals surface area contributed by atoms with Crippen molar-refractivity contribution in [3.05, 3.63) is 88.4 Å². The first-order valence-corrected chi connectivity index (χ1v) is 9.78. The summed E-state index contributed by atoms with van der Waals surface area (Å²) in [6.45, 7) is 0. The average molecular weight is 406 g/mol. The van der Waals surface area contributed by atoms with E-state index in [0.717, 1.165) is 11.1 Å². The Bertz CT molecular complexity index is 1070. The van der Waals surface area contributed by atoms with E-state index in [1.54, 1.807) is 12.1 Å². The fourth-order valence-electron chi connectivity index (χ4n) is 2.38. The molecule has 7 heteroatoms. The molecule has 26 heavy (non-hydrogen) atoms. The van der Waals surface area contributed by atoms with E-state index in [0.29, 0.717) is 5.02 Å². The van der Waals surface area contributed by atoms with Crippen LogP contribution in [0.4, 0.5) is 0 Å². The van der Waals surface area contributed by atoms with Crippen molar-refractivity contribution < 1.29 is 13.2 Å². The second-order valence-electron chi connectivity index (χ2n) is 5.45. The third-order valence-electron chi connectivity index (χ3n) is 3.65. The van der Waals surface area contributed by atoms with Gasteiger partial charge in [-0.05, 0) is 41.5 Å². The molecule has 0 bridgehead atoms. The van der Waals surface area contributed by atoms with E-state index in [2.05, 4.69) is 0 Å². The summed E-state index contributed by atoms with van der Waals surface area (Å²) in [5, 5.41) is 0.424. The van der Waals surface area contributed by atoms with E-state index in [9.17, 15) is 13.2 Å². The normalized spacial score (nSPS) is 11.2. The van der Waals surface area contributed by atoms with E-state index in [-0.39, 0.29) is 15.5 Å². The molecule has 1 N–H and O–H groups in total. The molecule has 4 nitrogen and oxygen atoms in total. The van der Waals surface area contributed by atoms with Crippen LogP contribution in [0.3, 0.4) is 0 Å². The van der Waals surface area contributed by atoms with Crippen molar-refractivity contribution in [1.29, 1.82) is 0 Å². The Morgan fingerprint density at radius 2 is 1.50 bits per heavy atom. The molecule has 0 heterocycles. The minimum absolute atomic E-state index is 0.0164. The van der Waals surface area contributed by atoms with Gasteiger partial charge >= 0.3 is 0 Å². The Kier molecular flexibility index (Phi) is 5.32. The maximum absolute atomic E-state index is 12.6. The van der Waals surface area contributed by atoms with Crippen LogP contribution in [-0.4, -0.2) is 14.3 Å². The zero-order valence-electron chi connectivity index (χ0n) is 13.3. The van der Waals surface area contributed by atoms with E-state index >= 15 is 0 Å². The van der Waals surface area contributed by atoms with Crippen molar-refractivity contribution in [1.82, 2.24) is 4.72 Å². The lowest BCUT2D eigenvalue weighted by Gasteiger charge is -2.10. The van der Waals surface area contributed by atoms with E-state index in [4.69, 9.17) is 23.2 Å². The molecule has 0 saturated carbocycles. The largest absolute Gasteiger partial charge is 0.268 e.